The highest BCUT2D eigenvalue weighted by Gasteiger charge is 2.39. The van der Waals surface area contributed by atoms with Gasteiger partial charge in [0.15, 0.2) is 6.10 Å². The van der Waals surface area contributed by atoms with Crippen LogP contribution >= 0.6 is 0 Å². The summed E-state index contributed by atoms with van der Waals surface area (Å²) in [4.78, 5) is 80.7. The number of alkyl halides is 2. The zero-order valence-corrected chi connectivity index (χ0v) is 51.3. The highest BCUT2D eigenvalue weighted by atomic mass is 19.1. The van der Waals surface area contributed by atoms with Gasteiger partial charge in [0.25, 0.3) is 0 Å². The largest absolute Gasteiger partial charge is 0.480 e. The summed E-state index contributed by atoms with van der Waals surface area (Å²) < 4.78 is 106. The van der Waals surface area contributed by atoms with Crippen LogP contribution in [0.3, 0.4) is 0 Å². The van der Waals surface area contributed by atoms with Gasteiger partial charge >= 0.3 is 36.1 Å². The SMILES string of the molecule is C.CN(C(=O)OC(C)(C)C)[C@@H](CC(C)(C)F)C(=O)O.CN(C(=O)OC(C)(C)C)[C@@H](CC(C)(C)F)C(=O)O[C@H](Cc1ccc(N2CCOCC2)cc1)C(=O)OCc1ccccc1.O=C(OCc1ccccc1)[C@H](O)Cc1ccc(N2CCOCC2)cc1.[2H][2H].[2H][2H].[2H][2H].[2H][2H]. The van der Waals surface area contributed by atoms with Crippen molar-refractivity contribution in [2.24, 2.45) is 0 Å². The maximum absolute atomic E-state index is 14.8. The van der Waals surface area contributed by atoms with Crippen LogP contribution in [0.5, 0.6) is 0 Å². The monoisotopic (exact) mass is 1220 g/mol. The van der Waals surface area contributed by atoms with Crippen LogP contribution in [0.2, 0.25) is 0 Å². The number of esters is 3. The van der Waals surface area contributed by atoms with E-state index in [1.54, 1.807) is 41.5 Å². The number of hydrogen-bond acceptors (Lipinski definition) is 16. The number of carbonyl (C=O) groups excluding carboxylic acids is 5. The van der Waals surface area contributed by atoms with Crippen molar-refractivity contribution in [1.82, 2.24) is 9.80 Å². The van der Waals surface area contributed by atoms with Crippen LogP contribution in [-0.2, 0) is 78.4 Å². The Morgan fingerprint density at radius 3 is 1.28 bits per heavy atom. The Hall–Kier alpha value is -7.36. The minimum Gasteiger partial charge on any atom is -0.480 e. The molecular formula is C65H100F2N4O15. The number of carbonyl (C=O) groups is 6. The van der Waals surface area contributed by atoms with Crippen LogP contribution < -0.4 is 9.80 Å². The van der Waals surface area contributed by atoms with E-state index in [0.29, 0.717) is 13.2 Å². The van der Waals surface area contributed by atoms with Gasteiger partial charge in [0.05, 0.1) is 26.4 Å². The number of anilines is 2. The van der Waals surface area contributed by atoms with Gasteiger partial charge in [-0.15, -0.1) is 0 Å². The number of morpholine rings is 2. The van der Waals surface area contributed by atoms with E-state index < -0.39 is 82.9 Å². The molecule has 21 heteroatoms. The van der Waals surface area contributed by atoms with Gasteiger partial charge in [-0.3, -0.25) is 9.80 Å². The Morgan fingerprint density at radius 2 is 0.907 bits per heavy atom. The number of carboxylic acid groups (broad SMARTS) is 1. The number of nitrogens with zero attached hydrogens (tertiary/aromatic N) is 4. The van der Waals surface area contributed by atoms with Gasteiger partial charge < -0.3 is 53.2 Å². The van der Waals surface area contributed by atoms with Crippen molar-refractivity contribution in [1.29, 1.82) is 0 Å². The van der Waals surface area contributed by atoms with Crippen molar-refractivity contribution in [3.63, 3.8) is 0 Å². The number of ether oxygens (including phenoxy) is 7. The highest BCUT2D eigenvalue weighted by molar-refractivity contribution is 5.85. The molecule has 4 aromatic carbocycles. The lowest BCUT2D eigenvalue weighted by Gasteiger charge is -2.32. The maximum Gasteiger partial charge on any atom is 0.410 e. The van der Waals surface area contributed by atoms with E-state index in [9.17, 15) is 42.7 Å². The highest BCUT2D eigenvalue weighted by Crippen LogP contribution is 2.26. The summed E-state index contributed by atoms with van der Waals surface area (Å²) in [6.07, 6.45) is -4.44. The first-order chi connectivity index (χ1) is 43.8. The molecule has 2 amide bonds. The zero-order valence-electron chi connectivity index (χ0n) is 59.3. The third-order valence-corrected chi connectivity index (χ3v) is 12.9. The van der Waals surface area contributed by atoms with Crippen molar-refractivity contribution in [3.05, 3.63) is 131 Å². The molecule has 0 saturated carbocycles. The van der Waals surface area contributed by atoms with Gasteiger partial charge in [0.1, 0.15) is 47.8 Å². The Bertz CT molecular complexity index is 2740. The van der Waals surface area contributed by atoms with Crippen molar-refractivity contribution in [3.8, 4) is 0 Å². The second-order valence-corrected chi connectivity index (χ2v) is 24.0. The average Bonchev–Trinajstić information content (AvgIpc) is 0.868. The number of rotatable bonds is 21. The Morgan fingerprint density at radius 1 is 0.547 bits per heavy atom. The van der Waals surface area contributed by atoms with Gasteiger partial charge in [0.2, 0.25) is 6.10 Å². The third-order valence-electron chi connectivity index (χ3n) is 12.9. The van der Waals surface area contributed by atoms with Gasteiger partial charge in [-0.25, -0.2) is 37.5 Å². The summed E-state index contributed by atoms with van der Waals surface area (Å²) in [5.74, 6) is -3.53. The topological polar surface area (TPSA) is 220 Å². The van der Waals surface area contributed by atoms with Crippen LogP contribution in [0, 0.1) is 0 Å². The fourth-order valence-electron chi connectivity index (χ4n) is 8.50. The van der Waals surface area contributed by atoms with Gasteiger partial charge in [0, 0.05) is 89.2 Å². The van der Waals surface area contributed by atoms with Crippen molar-refractivity contribution < 1.29 is 92.8 Å². The van der Waals surface area contributed by atoms with E-state index in [-0.39, 0.29) is 46.3 Å². The van der Waals surface area contributed by atoms with Crippen molar-refractivity contribution in [2.75, 3.05) is 76.5 Å². The van der Waals surface area contributed by atoms with Crippen LogP contribution in [0.1, 0.15) is 124 Å². The molecule has 0 bridgehead atoms. The number of hydrogen-bond donors (Lipinski definition) is 2. The molecule has 0 radical (unpaired) electrons. The number of amides is 2. The van der Waals surface area contributed by atoms with Crippen molar-refractivity contribution >= 4 is 47.4 Å². The van der Waals surface area contributed by atoms with Gasteiger partial charge in [-0.05, 0) is 116 Å². The fourth-order valence-corrected chi connectivity index (χ4v) is 8.50. The molecule has 0 spiro atoms. The number of aliphatic hydroxyl groups is 1. The van der Waals surface area contributed by atoms with Crippen LogP contribution in [-0.4, -0.2) is 170 Å². The summed E-state index contributed by atoms with van der Waals surface area (Å²) >= 11 is 0. The lowest BCUT2D eigenvalue weighted by Crippen LogP contribution is -2.49. The van der Waals surface area contributed by atoms with Gasteiger partial charge in [-0.1, -0.05) is 92.4 Å². The average molecular weight is 1220 g/mol. The molecule has 2 aliphatic rings. The first kappa shape index (κ1) is 66.2. The number of aliphatic hydroxyl groups excluding tert-OH is 1. The molecular weight excluding hydrogens is 1110 g/mol. The summed E-state index contributed by atoms with van der Waals surface area (Å²) in [7, 11) is 2.64. The minimum absolute atomic E-state index is 0. The van der Waals surface area contributed by atoms with E-state index >= 15 is 0 Å². The Kier molecular flexibility index (Phi) is 26.2. The molecule has 2 fully saturated rings. The normalized spacial score (nSPS) is 15.3. The first-order valence-corrected chi connectivity index (χ1v) is 28.4. The molecule has 4 atom stereocenters. The van der Waals surface area contributed by atoms with Crippen LogP contribution in [0.4, 0.5) is 29.7 Å². The predicted molar refractivity (Wildman–Crippen MR) is 333 cm³/mol. The minimum atomic E-state index is -1.82. The molecule has 2 N–H and O–H groups in total. The molecule has 2 aliphatic heterocycles. The summed E-state index contributed by atoms with van der Waals surface area (Å²) in [6.45, 7) is 21.5. The smallest absolute Gasteiger partial charge is 0.410 e. The second kappa shape index (κ2) is 34.1. The van der Waals surface area contributed by atoms with E-state index in [4.69, 9.17) is 50.1 Å². The number of benzene rings is 4. The molecule has 86 heavy (non-hydrogen) atoms. The summed E-state index contributed by atoms with van der Waals surface area (Å²) in [5, 5.41) is 19.1. The first-order valence-electron chi connectivity index (χ1n) is 32.4. The van der Waals surface area contributed by atoms with E-state index in [2.05, 4.69) is 9.80 Å². The van der Waals surface area contributed by atoms with E-state index in [1.165, 1.54) is 41.8 Å². The summed E-state index contributed by atoms with van der Waals surface area (Å²) in [5.41, 5.74) is 0.412. The van der Waals surface area contributed by atoms with Gasteiger partial charge in [-0.2, -0.15) is 0 Å². The third kappa shape index (κ3) is 27.3. The fraction of sp³-hybridized carbons (Fsp3) is 0.538. The standard InChI is InChI=1S/C32H43FN2O7.C20H23NO4.C12H22FNO4.CH4.4H2/c1-31(2,3)42-30(38)34(6)26(21-32(4,5)33)28(36)41-27(29(37)40-22-24-10-8-7-9-11-24)20-23-12-14-25(15-13-23)35-16-18-39-19-17-35;22-19(20(23)25-15-17-4-2-1-3-5-17)14-16-6-8-18(9-7-16)21-10-12-24-13-11-21;1-11(2,3)18-10(17)14(6)8(9(15)16)7-12(4,5)13;;;;;/h7-15,26-27H,16-22H2,1-6H3;1-9,19,22H,10-15H2;8H,7H2,1-6H3,(H,15,16);1H4;4*1H/t26-,27+;19-;8-;;;;;/m010...../s1/i;;;;4*1+1D. The number of halogens is 2. The number of likely N-dealkylation sites (N-methyl/N-ethyl adjacent to an activating group) is 2. The Labute approximate surface area is 519 Å². The molecule has 4 aromatic rings. The Balaban J connectivity index is 0. The number of aliphatic carboxylic acids is 1. The molecule has 0 unspecified atom stereocenters. The number of carboxylic acids is 1. The lowest BCUT2D eigenvalue weighted by molar-refractivity contribution is -0.172. The maximum atomic E-state index is 14.8. The molecule has 6 rings (SSSR count). The lowest BCUT2D eigenvalue weighted by atomic mass is 10.00. The molecule has 0 aliphatic carbocycles. The predicted octanol–water partition coefficient (Wildman–Crippen LogP) is 11.3. The van der Waals surface area contributed by atoms with E-state index in [1.807, 2.05) is 109 Å². The van der Waals surface area contributed by atoms with Crippen LogP contribution in [0.15, 0.2) is 109 Å². The van der Waals surface area contributed by atoms with E-state index in [0.717, 1.165) is 82.8 Å². The molecule has 0 aromatic heterocycles. The molecule has 19 nitrogen and oxygen atoms in total. The summed E-state index contributed by atoms with van der Waals surface area (Å²) in [6, 6.07) is 31.5. The van der Waals surface area contributed by atoms with Crippen LogP contribution in [0.25, 0.3) is 0 Å². The molecule has 484 valence electrons. The second-order valence-electron chi connectivity index (χ2n) is 24.0. The molecule has 2 heterocycles. The van der Waals surface area contributed by atoms with Crippen molar-refractivity contribution in [2.45, 2.75) is 162 Å². The quantitative estimate of drug-likeness (QED) is 0.0585. The molecule has 2 saturated heterocycles. The zero-order chi connectivity index (χ0) is 71.1.